The fourth-order valence-corrected chi connectivity index (χ4v) is 5.02. The van der Waals surface area contributed by atoms with Gasteiger partial charge in [0.25, 0.3) is 0 Å². The third-order valence-electron chi connectivity index (χ3n) is 4.34. The van der Waals surface area contributed by atoms with Crippen molar-refractivity contribution in [2.45, 2.75) is 30.2 Å². The second-order valence-corrected chi connectivity index (χ2v) is 8.88. The summed E-state index contributed by atoms with van der Waals surface area (Å²) in [6.45, 7) is 0.368. The number of likely N-dealkylation sites (N-methyl/N-ethyl adjacent to an activating group) is 1. The van der Waals surface area contributed by atoms with Gasteiger partial charge in [-0.1, -0.05) is 12.1 Å². The molecule has 0 aliphatic heterocycles. The summed E-state index contributed by atoms with van der Waals surface area (Å²) in [5.74, 6) is 0. The van der Waals surface area contributed by atoms with Crippen molar-refractivity contribution in [3.05, 3.63) is 51.7 Å². The van der Waals surface area contributed by atoms with Crippen LogP contribution in [-0.4, -0.2) is 34.0 Å². The number of hydrogen-bond acceptors (Lipinski definition) is 4. The van der Waals surface area contributed by atoms with Gasteiger partial charge in [-0.15, -0.1) is 11.3 Å². The number of rotatable bonds is 6. The normalized spacial score (nSPS) is 15.8. The van der Waals surface area contributed by atoms with Crippen LogP contribution >= 0.6 is 11.3 Å². The van der Waals surface area contributed by atoms with Crippen molar-refractivity contribution in [1.29, 1.82) is 0 Å². The maximum absolute atomic E-state index is 12.6. The van der Waals surface area contributed by atoms with Gasteiger partial charge < -0.3 is 4.90 Å². The lowest BCUT2D eigenvalue weighted by Crippen LogP contribution is -2.34. The molecule has 1 aromatic carbocycles. The van der Waals surface area contributed by atoms with Gasteiger partial charge in [0.2, 0.25) is 10.0 Å². The van der Waals surface area contributed by atoms with Crippen molar-refractivity contribution in [2.24, 2.45) is 0 Å². The van der Waals surface area contributed by atoms with E-state index in [1.54, 1.807) is 17.4 Å². The van der Waals surface area contributed by atoms with E-state index < -0.39 is 10.0 Å². The average molecular weight is 351 g/mol. The van der Waals surface area contributed by atoms with Crippen LogP contribution in [-0.2, 0) is 22.9 Å². The molecule has 124 valence electrons. The standard InChI is InChI=1S/C17H22N2O2S2/c1-19(2)16(17-7-4-10-22-17)12-18-23(20,21)15-9-8-13-5-3-6-14(13)11-15/h4,7-11,16,18H,3,5-6,12H2,1-2H3. The lowest BCUT2D eigenvalue weighted by atomic mass is 10.1. The molecule has 0 spiro atoms. The zero-order chi connectivity index (χ0) is 16.4. The summed E-state index contributed by atoms with van der Waals surface area (Å²) in [7, 11) is 0.459. The van der Waals surface area contributed by atoms with Crippen LogP contribution in [0, 0.1) is 0 Å². The van der Waals surface area contributed by atoms with Crippen molar-refractivity contribution < 1.29 is 8.42 Å². The molecule has 0 radical (unpaired) electrons. The molecule has 3 rings (SSSR count). The summed E-state index contributed by atoms with van der Waals surface area (Å²) in [4.78, 5) is 3.57. The largest absolute Gasteiger partial charge is 0.300 e. The fraction of sp³-hybridized carbons (Fsp3) is 0.412. The fourth-order valence-electron chi connectivity index (χ4n) is 3.01. The molecule has 1 aromatic heterocycles. The predicted octanol–water partition coefficient (Wildman–Crippen LogP) is 2.82. The van der Waals surface area contributed by atoms with Gasteiger partial charge in [0, 0.05) is 11.4 Å². The number of fused-ring (bicyclic) bond motifs is 1. The second kappa shape index (κ2) is 6.73. The lowest BCUT2D eigenvalue weighted by molar-refractivity contribution is 0.303. The Morgan fingerprint density at radius 3 is 2.70 bits per heavy atom. The molecular formula is C17H22N2O2S2. The van der Waals surface area contributed by atoms with Gasteiger partial charge in [0.1, 0.15) is 0 Å². The Morgan fingerprint density at radius 2 is 2.00 bits per heavy atom. The van der Waals surface area contributed by atoms with E-state index in [0.29, 0.717) is 11.4 Å². The quantitative estimate of drug-likeness (QED) is 0.871. The van der Waals surface area contributed by atoms with Gasteiger partial charge in [0.15, 0.2) is 0 Å². The molecule has 0 saturated heterocycles. The van der Waals surface area contributed by atoms with Crippen molar-refractivity contribution >= 4 is 21.4 Å². The van der Waals surface area contributed by atoms with Crippen LogP contribution < -0.4 is 4.72 Å². The summed E-state index contributed by atoms with van der Waals surface area (Å²) in [6.07, 6.45) is 3.16. The van der Waals surface area contributed by atoms with E-state index in [2.05, 4.69) is 4.72 Å². The Bertz CT molecular complexity index is 768. The number of nitrogens with one attached hydrogen (secondary N) is 1. The van der Waals surface area contributed by atoms with Crippen molar-refractivity contribution in [3.63, 3.8) is 0 Å². The third kappa shape index (κ3) is 3.66. The third-order valence-corrected chi connectivity index (χ3v) is 6.74. The summed E-state index contributed by atoms with van der Waals surface area (Å²) in [5.41, 5.74) is 2.46. The van der Waals surface area contributed by atoms with Crippen LogP contribution in [0.2, 0.25) is 0 Å². The number of benzene rings is 1. The molecule has 6 heteroatoms. The topological polar surface area (TPSA) is 49.4 Å². The van der Waals surface area contributed by atoms with Crippen molar-refractivity contribution in [1.82, 2.24) is 9.62 Å². The number of thiophene rings is 1. The first kappa shape index (κ1) is 16.6. The minimum absolute atomic E-state index is 0.0409. The van der Waals surface area contributed by atoms with E-state index in [9.17, 15) is 8.42 Å². The highest BCUT2D eigenvalue weighted by atomic mass is 32.2. The Hall–Kier alpha value is -1.21. The number of nitrogens with zero attached hydrogens (tertiary/aromatic N) is 1. The molecule has 0 fully saturated rings. The summed E-state index contributed by atoms with van der Waals surface area (Å²) in [5, 5.41) is 2.01. The van der Waals surface area contributed by atoms with Crippen LogP contribution in [0.1, 0.15) is 28.5 Å². The highest BCUT2D eigenvalue weighted by molar-refractivity contribution is 7.89. The molecule has 0 amide bonds. The molecule has 1 unspecified atom stereocenters. The predicted molar refractivity (Wildman–Crippen MR) is 94.4 cm³/mol. The highest BCUT2D eigenvalue weighted by Gasteiger charge is 2.22. The van der Waals surface area contributed by atoms with Gasteiger partial charge in [-0.2, -0.15) is 0 Å². The molecule has 0 saturated carbocycles. The SMILES string of the molecule is CN(C)C(CNS(=O)(=O)c1ccc2c(c1)CCC2)c1cccs1. The monoisotopic (exact) mass is 350 g/mol. The number of hydrogen-bond donors (Lipinski definition) is 1. The van der Waals surface area contributed by atoms with Crippen LogP contribution in [0.5, 0.6) is 0 Å². The molecule has 23 heavy (non-hydrogen) atoms. The van der Waals surface area contributed by atoms with Crippen LogP contribution in [0.25, 0.3) is 0 Å². The number of aryl methyl sites for hydroxylation is 2. The first-order valence-corrected chi connectivity index (χ1v) is 10.1. The lowest BCUT2D eigenvalue weighted by Gasteiger charge is -2.23. The van der Waals surface area contributed by atoms with E-state index in [4.69, 9.17) is 0 Å². The minimum atomic E-state index is -3.47. The molecule has 0 bridgehead atoms. The molecule has 1 atom stereocenters. The van der Waals surface area contributed by atoms with Gasteiger partial charge >= 0.3 is 0 Å². The summed E-state index contributed by atoms with van der Waals surface area (Å²) in [6, 6.07) is 9.59. The Kier molecular flexibility index (Phi) is 4.87. The molecule has 1 aliphatic rings. The molecule has 1 heterocycles. The molecule has 2 aromatic rings. The maximum Gasteiger partial charge on any atom is 0.240 e. The van der Waals surface area contributed by atoms with E-state index in [1.165, 1.54) is 11.1 Å². The van der Waals surface area contributed by atoms with Crippen LogP contribution in [0.4, 0.5) is 0 Å². The molecule has 1 aliphatic carbocycles. The Balaban J connectivity index is 1.76. The Morgan fingerprint density at radius 1 is 1.22 bits per heavy atom. The van der Waals surface area contributed by atoms with Gasteiger partial charge in [-0.25, -0.2) is 13.1 Å². The van der Waals surface area contributed by atoms with E-state index in [0.717, 1.165) is 24.1 Å². The van der Waals surface area contributed by atoms with Crippen molar-refractivity contribution in [3.8, 4) is 0 Å². The van der Waals surface area contributed by atoms with Gasteiger partial charge in [0.05, 0.1) is 10.9 Å². The molecule has 4 nitrogen and oxygen atoms in total. The smallest absolute Gasteiger partial charge is 0.240 e. The first-order valence-electron chi connectivity index (χ1n) is 7.78. The van der Waals surface area contributed by atoms with Crippen LogP contribution in [0.15, 0.2) is 40.6 Å². The summed E-state index contributed by atoms with van der Waals surface area (Å²) >= 11 is 1.65. The second-order valence-electron chi connectivity index (χ2n) is 6.13. The van der Waals surface area contributed by atoms with E-state index >= 15 is 0 Å². The molecule has 1 N–H and O–H groups in total. The van der Waals surface area contributed by atoms with E-state index in [-0.39, 0.29) is 6.04 Å². The zero-order valence-corrected chi connectivity index (χ0v) is 15.1. The first-order chi connectivity index (χ1) is 11.0. The minimum Gasteiger partial charge on any atom is -0.300 e. The highest BCUT2D eigenvalue weighted by Crippen LogP contribution is 2.26. The van der Waals surface area contributed by atoms with E-state index in [1.807, 2.05) is 48.6 Å². The van der Waals surface area contributed by atoms with Crippen molar-refractivity contribution in [2.75, 3.05) is 20.6 Å². The Labute approximate surface area is 142 Å². The zero-order valence-electron chi connectivity index (χ0n) is 13.5. The molecular weight excluding hydrogens is 328 g/mol. The summed E-state index contributed by atoms with van der Waals surface area (Å²) < 4.78 is 28.0. The number of sulfonamides is 1. The van der Waals surface area contributed by atoms with Gasteiger partial charge in [-0.3, -0.25) is 0 Å². The van der Waals surface area contributed by atoms with Gasteiger partial charge in [-0.05, 0) is 68.1 Å². The van der Waals surface area contributed by atoms with Crippen LogP contribution in [0.3, 0.4) is 0 Å². The maximum atomic E-state index is 12.6. The average Bonchev–Trinajstić information content (AvgIpc) is 3.17.